The molecular formula is C21H29ClO7. The minimum absolute atomic E-state index is 0.0137. The number of alkyl halides is 1. The first-order chi connectivity index (χ1) is 13.9. The highest BCUT2D eigenvalue weighted by Gasteiger charge is 2.68. The SMILES string of the molecule is CCOC1CCC2=C(O1)[C@@]1(OC3C(Cl)C(OC)CC(OC)C3C1=O)[C@H](C)CC2=O. The topological polar surface area (TPSA) is 80.3 Å². The van der Waals surface area contributed by atoms with E-state index in [2.05, 4.69) is 0 Å². The number of rotatable bonds is 4. The predicted octanol–water partition coefficient (Wildman–Crippen LogP) is 2.39. The van der Waals surface area contributed by atoms with Crippen molar-refractivity contribution in [1.82, 2.24) is 0 Å². The lowest BCUT2D eigenvalue weighted by molar-refractivity contribution is -0.180. The normalized spacial score (nSPS) is 44.7. The molecular weight excluding hydrogens is 400 g/mol. The smallest absolute Gasteiger partial charge is 0.199 e. The Morgan fingerprint density at radius 1 is 1.21 bits per heavy atom. The van der Waals surface area contributed by atoms with Crippen LogP contribution in [0.3, 0.4) is 0 Å². The van der Waals surface area contributed by atoms with Gasteiger partial charge >= 0.3 is 0 Å². The van der Waals surface area contributed by atoms with E-state index in [-0.39, 0.29) is 36.1 Å². The zero-order valence-electron chi connectivity index (χ0n) is 17.3. The van der Waals surface area contributed by atoms with Crippen LogP contribution >= 0.6 is 11.6 Å². The van der Waals surface area contributed by atoms with Gasteiger partial charge in [0.25, 0.3) is 0 Å². The van der Waals surface area contributed by atoms with Crippen molar-refractivity contribution in [3.8, 4) is 0 Å². The number of methoxy groups -OCH3 is 2. The Kier molecular flexibility index (Phi) is 5.81. The van der Waals surface area contributed by atoms with Crippen molar-refractivity contribution in [3.05, 3.63) is 11.3 Å². The van der Waals surface area contributed by atoms with Gasteiger partial charge in [0.15, 0.2) is 23.5 Å². The van der Waals surface area contributed by atoms with Crippen LogP contribution < -0.4 is 0 Å². The van der Waals surface area contributed by atoms with Gasteiger partial charge in [-0.3, -0.25) is 9.59 Å². The second-order valence-corrected chi connectivity index (χ2v) is 8.82. The summed E-state index contributed by atoms with van der Waals surface area (Å²) in [5, 5.41) is -0.500. The van der Waals surface area contributed by atoms with Crippen LogP contribution in [-0.4, -0.2) is 68.0 Å². The van der Waals surface area contributed by atoms with Gasteiger partial charge in [-0.15, -0.1) is 11.6 Å². The third-order valence-corrected chi connectivity index (χ3v) is 7.38. The van der Waals surface area contributed by atoms with Gasteiger partial charge in [-0.2, -0.15) is 0 Å². The zero-order chi connectivity index (χ0) is 20.9. The Bertz CT molecular complexity index is 722. The number of Topliss-reactive ketones (excluding diaryl/α,β-unsaturated/α-hetero) is 2. The van der Waals surface area contributed by atoms with Gasteiger partial charge in [-0.25, -0.2) is 0 Å². The molecule has 0 aromatic rings. The van der Waals surface area contributed by atoms with Crippen LogP contribution in [-0.2, 0) is 33.3 Å². The second-order valence-electron chi connectivity index (χ2n) is 8.31. The van der Waals surface area contributed by atoms with E-state index in [9.17, 15) is 9.59 Å². The van der Waals surface area contributed by atoms with Crippen LogP contribution in [0.4, 0.5) is 0 Å². The summed E-state index contributed by atoms with van der Waals surface area (Å²) >= 11 is 6.70. The molecule has 8 atom stereocenters. The number of ketones is 2. The highest BCUT2D eigenvalue weighted by Crippen LogP contribution is 2.54. The molecule has 2 aliphatic carbocycles. The summed E-state index contributed by atoms with van der Waals surface area (Å²) in [5.74, 6) is -0.666. The molecule has 1 saturated carbocycles. The van der Waals surface area contributed by atoms with Crippen LogP contribution in [0.2, 0.25) is 0 Å². The average Bonchev–Trinajstić information content (AvgIpc) is 3.02. The fraction of sp³-hybridized carbons (Fsp3) is 0.810. The summed E-state index contributed by atoms with van der Waals surface area (Å²) in [7, 11) is 3.18. The molecule has 0 bridgehead atoms. The van der Waals surface area contributed by atoms with Crippen molar-refractivity contribution in [1.29, 1.82) is 0 Å². The first-order valence-electron chi connectivity index (χ1n) is 10.4. The minimum atomic E-state index is -1.33. The molecule has 2 heterocycles. The summed E-state index contributed by atoms with van der Waals surface area (Å²) in [6.45, 7) is 4.23. The third-order valence-electron chi connectivity index (χ3n) is 6.85. The monoisotopic (exact) mass is 428 g/mol. The summed E-state index contributed by atoms with van der Waals surface area (Å²) in [5.41, 5.74) is -0.782. The molecule has 8 heteroatoms. The summed E-state index contributed by atoms with van der Waals surface area (Å²) < 4.78 is 29.5. The maximum absolute atomic E-state index is 13.9. The predicted molar refractivity (Wildman–Crippen MR) is 104 cm³/mol. The number of allylic oxidation sites excluding steroid dienone is 1. The number of ether oxygens (including phenoxy) is 5. The molecule has 4 rings (SSSR count). The summed E-state index contributed by atoms with van der Waals surface area (Å²) in [4.78, 5) is 26.6. The fourth-order valence-electron chi connectivity index (χ4n) is 5.38. The van der Waals surface area contributed by atoms with Gasteiger partial charge in [0.1, 0.15) is 5.76 Å². The Morgan fingerprint density at radius 2 is 1.93 bits per heavy atom. The van der Waals surface area contributed by atoms with E-state index in [0.717, 1.165) is 0 Å². The van der Waals surface area contributed by atoms with Crippen LogP contribution in [0.15, 0.2) is 11.3 Å². The molecule has 162 valence electrons. The standard InChI is InChI=1S/C21H29ClO7/c1-5-27-15-7-6-11-12(23)8-10(2)21(20(11)28-15)19(24)16-13(25-3)9-14(26-4)17(22)18(16)29-21/h10,13-18H,5-9H2,1-4H3/t10-,13?,14?,15?,16?,17?,18?,21-/m1/s1. The number of hydrogen-bond acceptors (Lipinski definition) is 7. The molecule has 6 unspecified atom stereocenters. The van der Waals surface area contributed by atoms with Crippen molar-refractivity contribution < 1.29 is 33.3 Å². The minimum Gasteiger partial charge on any atom is -0.465 e. The number of hydrogen-bond donors (Lipinski definition) is 0. The first-order valence-corrected chi connectivity index (χ1v) is 10.8. The van der Waals surface area contributed by atoms with E-state index in [1.807, 2.05) is 13.8 Å². The molecule has 0 radical (unpaired) electrons. The van der Waals surface area contributed by atoms with E-state index >= 15 is 0 Å². The lowest BCUT2D eigenvalue weighted by Crippen LogP contribution is -2.53. The molecule has 2 aliphatic heterocycles. The Labute approximate surface area is 176 Å². The van der Waals surface area contributed by atoms with E-state index in [4.69, 9.17) is 35.3 Å². The van der Waals surface area contributed by atoms with Gasteiger partial charge in [0.05, 0.1) is 29.6 Å². The highest BCUT2D eigenvalue weighted by molar-refractivity contribution is 6.22. The Balaban J connectivity index is 1.78. The summed E-state index contributed by atoms with van der Waals surface area (Å²) in [6, 6.07) is 0. The summed E-state index contributed by atoms with van der Waals surface area (Å²) in [6.07, 6.45) is 0.111. The van der Waals surface area contributed by atoms with Crippen molar-refractivity contribution in [2.24, 2.45) is 11.8 Å². The average molecular weight is 429 g/mol. The third kappa shape index (κ3) is 3.08. The molecule has 2 fully saturated rings. The Morgan fingerprint density at radius 3 is 2.59 bits per heavy atom. The van der Waals surface area contributed by atoms with Gasteiger partial charge < -0.3 is 23.7 Å². The maximum atomic E-state index is 13.9. The van der Waals surface area contributed by atoms with E-state index in [0.29, 0.717) is 37.2 Å². The molecule has 0 aromatic carbocycles. The van der Waals surface area contributed by atoms with Crippen LogP contribution in [0.25, 0.3) is 0 Å². The van der Waals surface area contributed by atoms with E-state index in [1.165, 1.54) is 0 Å². The maximum Gasteiger partial charge on any atom is 0.199 e. The number of halogens is 1. The first kappa shape index (κ1) is 21.2. The molecule has 29 heavy (non-hydrogen) atoms. The molecule has 4 aliphatic rings. The van der Waals surface area contributed by atoms with E-state index in [1.54, 1.807) is 14.2 Å². The van der Waals surface area contributed by atoms with Crippen LogP contribution in [0.1, 0.15) is 39.5 Å². The van der Waals surface area contributed by atoms with Crippen LogP contribution in [0.5, 0.6) is 0 Å². The second kappa shape index (κ2) is 7.93. The molecule has 0 N–H and O–H groups in total. The molecule has 0 aromatic heterocycles. The zero-order valence-corrected chi connectivity index (χ0v) is 18.1. The van der Waals surface area contributed by atoms with Crippen LogP contribution in [0, 0.1) is 11.8 Å². The van der Waals surface area contributed by atoms with Crippen molar-refractivity contribution in [2.75, 3.05) is 20.8 Å². The van der Waals surface area contributed by atoms with Crippen molar-refractivity contribution in [2.45, 2.75) is 75.1 Å². The van der Waals surface area contributed by atoms with Gasteiger partial charge in [-0.1, -0.05) is 6.92 Å². The van der Waals surface area contributed by atoms with Gasteiger partial charge in [-0.05, 0) is 13.3 Å². The Hall–Kier alpha value is -0.990. The number of carbonyl (C=O) groups excluding carboxylic acids is 2. The lowest BCUT2D eigenvalue weighted by Gasteiger charge is -2.43. The number of fused-ring (bicyclic) bond motifs is 2. The molecule has 1 saturated heterocycles. The fourth-order valence-corrected chi connectivity index (χ4v) is 5.80. The van der Waals surface area contributed by atoms with Crippen molar-refractivity contribution >= 4 is 23.2 Å². The van der Waals surface area contributed by atoms with Crippen molar-refractivity contribution in [3.63, 3.8) is 0 Å². The largest absolute Gasteiger partial charge is 0.465 e. The highest BCUT2D eigenvalue weighted by atomic mass is 35.5. The van der Waals surface area contributed by atoms with E-state index < -0.39 is 29.3 Å². The lowest BCUT2D eigenvalue weighted by atomic mass is 9.69. The van der Waals surface area contributed by atoms with Gasteiger partial charge in [0.2, 0.25) is 0 Å². The quantitative estimate of drug-likeness (QED) is 0.636. The van der Waals surface area contributed by atoms with Gasteiger partial charge in [0, 0.05) is 51.6 Å². The molecule has 7 nitrogen and oxygen atoms in total. The molecule has 1 spiro atoms. The molecule has 0 amide bonds. The number of carbonyl (C=O) groups is 2.